The summed E-state index contributed by atoms with van der Waals surface area (Å²) in [7, 11) is 3.08. The van der Waals surface area contributed by atoms with Gasteiger partial charge < -0.3 is 19.2 Å². The highest BCUT2D eigenvalue weighted by Crippen LogP contribution is 2.44. The van der Waals surface area contributed by atoms with E-state index in [1.807, 2.05) is 24.3 Å². The SMILES string of the molecule is COc1cccc(C2CC(=O)Nc3c2c(=O)oc2ccccc32)c1OC. The van der Waals surface area contributed by atoms with Gasteiger partial charge in [-0.2, -0.15) is 0 Å². The largest absolute Gasteiger partial charge is 0.493 e. The minimum Gasteiger partial charge on any atom is -0.493 e. The highest BCUT2D eigenvalue weighted by molar-refractivity contribution is 6.04. The quantitative estimate of drug-likeness (QED) is 0.733. The van der Waals surface area contributed by atoms with Crippen LogP contribution in [0.15, 0.2) is 51.7 Å². The molecule has 26 heavy (non-hydrogen) atoms. The maximum Gasteiger partial charge on any atom is 0.342 e. The van der Waals surface area contributed by atoms with Crippen LogP contribution >= 0.6 is 0 Å². The first-order chi connectivity index (χ1) is 12.6. The van der Waals surface area contributed by atoms with Gasteiger partial charge in [-0.25, -0.2) is 4.79 Å². The summed E-state index contributed by atoms with van der Waals surface area (Å²) in [5, 5.41) is 3.53. The molecule has 1 amide bonds. The summed E-state index contributed by atoms with van der Waals surface area (Å²) in [5.74, 6) is 0.406. The summed E-state index contributed by atoms with van der Waals surface area (Å²) in [6, 6.07) is 12.6. The van der Waals surface area contributed by atoms with E-state index >= 15 is 0 Å². The van der Waals surface area contributed by atoms with Crippen LogP contribution < -0.4 is 20.4 Å². The minimum atomic E-state index is -0.482. The second kappa shape index (κ2) is 6.22. The predicted octanol–water partition coefficient (Wildman–Crippen LogP) is 3.28. The van der Waals surface area contributed by atoms with Gasteiger partial charge in [0.1, 0.15) is 5.58 Å². The maximum atomic E-state index is 12.7. The highest BCUT2D eigenvalue weighted by atomic mass is 16.5. The lowest BCUT2D eigenvalue weighted by Crippen LogP contribution is -2.29. The van der Waals surface area contributed by atoms with Crippen LogP contribution in [0.4, 0.5) is 5.69 Å². The van der Waals surface area contributed by atoms with Crippen LogP contribution in [-0.4, -0.2) is 20.1 Å². The molecular weight excluding hydrogens is 334 g/mol. The number of anilines is 1. The highest BCUT2D eigenvalue weighted by Gasteiger charge is 2.34. The van der Waals surface area contributed by atoms with Gasteiger partial charge in [0.25, 0.3) is 0 Å². The first-order valence-corrected chi connectivity index (χ1v) is 8.20. The van der Waals surface area contributed by atoms with Gasteiger partial charge in [-0.15, -0.1) is 0 Å². The summed E-state index contributed by atoms with van der Waals surface area (Å²) in [6.45, 7) is 0. The Balaban J connectivity index is 2.02. The lowest BCUT2D eigenvalue weighted by Gasteiger charge is -2.27. The molecule has 1 aliphatic rings. The molecule has 2 heterocycles. The number of methoxy groups -OCH3 is 2. The smallest absolute Gasteiger partial charge is 0.342 e. The zero-order chi connectivity index (χ0) is 18.3. The fraction of sp³-hybridized carbons (Fsp3) is 0.200. The fourth-order valence-electron chi connectivity index (χ4n) is 3.55. The third kappa shape index (κ3) is 2.42. The molecule has 6 heteroatoms. The number of para-hydroxylation sites is 2. The topological polar surface area (TPSA) is 77.8 Å². The Hall–Kier alpha value is -3.28. The lowest BCUT2D eigenvalue weighted by molar-refractivity contribution is -0.116. The molecule has 0 aliphatic carbocycles. The van der Waals surface area contributed by atoms with Crippen molar-refractivity contribution in [2.24, 2.45) is 0 Å². The number of fused-ring (bicyclic) bond motifs is 3. The molecule has 1 N–H and O–H groups in total. The van der Waals surface area contributed by atoms with E-state index in [4.69, 9.17) is 13.9 Å². The number of hydrogen-bond acceptors (Lipinski definition) is 5. The first-order valence-electron chi connectivity index (χ1n) is 8.20. The van der Waals surface area contributed by atoms with Crippen LogP contribution in [0.5, 0.6) is 11.5 Å². The number of ether oxygens (including phenoxy) is 2. The average molecular weight is 351 g/mol. The van der Waals surface area contributed by atoms with Gasteiger partial charge in [-0.05, 0) is 18.2 Å². The Kier molecular flexibility index (Phi) is 3.88. The number of carbonyl (C=O) groups is 1. The van der Waals surface area contributed by atoms with Crippen molar-refractivity contribution in [2.75, 3.05) is 19.5 Å². The maximum absolute atomic E-state index is 12.7. The van der Waals surface area contributed by atoms with Gasteiger partial charge in [0, 0.05) is 23.3 Å². The second-order valence-electron chi connectivity index (χ2n) is 6.06. The Morgan fingerprint density at radius 2 is 1.85 bits per heavy atom. The number of carbonyl (C=O) groups excluding carboxylic acids is 1. The summed E-state index contributed by atoms with van der Waals surface area (Å²) < 4.78 is 16.4. The summed E-state index contributed by atoms with van der Waals surface area (Å²) >= 11 is 0. The van der Waals surface area contributed by atoms with Crippen molar-refractivity contribution in [1.29, 1.82) is 0 Å². The monoisotopic (exact) mass is 351 g/mol. The molecular formula is C20H17NO5. The van der Waals surface area contributed by atoms with Crippen LogP contribution in [0, 0.1) is 0 Å². The molecule has 1 atom stereocenters. The van der Waals surface area contributed by atoms with Crippen molar-refractivity contribution in [3.8, 4) is 11.5 Å². The molecule has 1 unspecified atom stereocenters. The predicted molar refractivity (Wildman–Crippen MR) is 97.1 cm³/mol. The zero-order valence-electron chi connectivity index (χ0n) is 14.4. The van der Waals surface area contributed by atoms with E-state index in [2.05, 4.69) is 5.32 Å². The summed E-state index contributed by atoms with van der Waals surface area (Å²) in [6.07, 6.45) is 0.125. The van der Waals surface area contributed by atoms with Gasteiger partial charge in [-0.1, -0.05) is 24.3 Å². The van der Waals surface area contributed by atoms with E-state index in [-0.39, 0.29) is 12.3 Å². The molecule has 3 aromatic rings. The number of amides is 1. The molecule has 0 fully saturated rings. The Morgan fingerprint density at radius 1 is 1.04 bits per heavy atom. The zero-order valence-corrected chi connectivity index (χ0v) is 14.4. The number of hydrogen-bond donors (Lipinski definition) is 1. The molecule has 6 nitrogen and oxygen atoms in total. The van der Waals surface area contributed by atoms with Crippen molar-refractivity contribution < 1.29 is 18.7 Å². The second-order valence-corrected chi connectivity index (χ2v) is 6.06. The average Bonchev–Trinajstić information content (AvgIpc) is 2.66. The van der Waals surface area contributed by atoms with Crippen molar-refractivity contribution in [3.05, 3.63) is 64.0 Å². The van der Waals surface area contributed by atoms with Gasteiger partial charge in [0.15, 0.2) is 11.5 Å². The first kappa shape index (κ1) is 16.2. The molecule has 0 radical (unpaired) electrons. The molecule has 4 rings (SSSR count). The third-order valence-electron chi connectivity index (χ3n) is 4.66. The van der Waals surface area contributed by atoms with Crippen molar-refractivity contribution in [3.63, 3.8) is 0 Å². The van der Waals surface area contributed by atoms with Gasteiger partial charge in [0.2, 0.25) is 5.91 Å². The standard InChI is InChI=1S/C20H17NO5/c1-24-15-9-5-7-11(19(15)25-2)13-10-16(22)21-18-12-6-3-4-8-14(12)26-20(23)17(13)18/h3-9,13H,10H2,1-2H3,(H,21,22). The molecule has 1 aromatic heterocycles. The van der Waals surface area contributed by atoms with E-state index in [1.54, 1.807) is 25.3 Å². The van der Waals surface area contributed by atoms with Gasteiger partial charge in [0.05, 0.1) is 25.5 Å². The van der Waals surface area contributed by atoms with Crippen molar-refractivity contribution >= 4 is 22.6 Å². The van der Waals surface area contributed by atoms with Crippen LogP contribution in [-0.2, 0) is 4.79 Å². The Labute approximate surface area is 149 Å². The molecule has 0 saturated carbocycles. The van der Waals surface area contributed by atoms with E-state index < -0.39 is 11.5 Å². The molecule has 0 bridgehead atoms. The number of nitrogens with one attached hydrogen (secondary N) is 1. The van der Waals surface area contributed by atoms with Crippen molar-refractivity contribution in [2.45, 2.75) is 12.3 Å². The van der Waals surface area contributed by atoms with E-state index in [0.29, 0.717) is 39.3 Å². The van der Waals surface area contributed by atoms with Crippen molar-refractivity contribution in [1.82, 2.24) is 0 Å². The third-order valence-corrected chi connectivity index (χ3v) is 4.66. The normalized spacial score (nSPS) is 16.1. The minimum absolute atomic E-state index is 0.125. The summed E-state index contributed by atoms with van der Waals surface area (Å²) in [5.41, 5.74) is 1.62. The molecule has 2 aromatic carbocycles. The molecule has 0 saturated heterocycles. The Morgan fingerprint density at radius 3 is 2.62 bits per heavy atom. The summed E-state index contributed by atoms with van der Waals surface area (Å²) in [4.78, 5) is 25.1. The van der Waals surface area contributed by atoms with E-state index in [1.165, 1.54) is 7.11 Å². The van der Waals surface area contributed by atoms with Gasteiger partial charge >= 0.3 is 5.63 Å². The molecule has 132 valence electrons. The number of benzene rings is 2. The van der Waals surface area contributed by atoms with E-state index in [9.17, 15) is 9.59 Å². The Bertz CT molecular complexity index is 1070. The molecule has 1 aliphatic heterocycles. The van der Waals surface area contributed by atoms with Crippen LogP contribution in [0.2, 0.25) is 0 Å². The fourth-order valence-corrected chi connectivity index (χ4v) is 3.55. The van der Waals surface area contributed by atoms with Crippen LogP contribution in [0.3, 0.4) is 0 Å². The van der Waals surface area contributed by atoms with E-state index in [0.717, 1.165) is 0 Å². The van der Waals surface area contributed by atoms with Crippen LogP contribution in [0.1, 0.15) is 23.5 Å². The lowest BCUT2D eigenvalue weighted by atomic mass is 9.84. The van der Waals surface area contributed by atoms with Gasteiger partial charge in [-0.3, -0.25) is 4.79 Å². The molecule has 0 spiro atoms. The van der Waals surface area contributed by atoms with Crippen LogP contribution in [0.25, 0.3) is 11.0 Å². The number of rotatable bonds is 3.